The molecule has 104 valence electrons. The second kappa shape index (κ2) is 12.3. The molecule has 0 bridgehead atoms. The van der Waals surface area contributed by atoms with Crippen molar-refractivity contribution in [1.82, 2.24) is 0 Å². The highest BCUT2D eigenvalue weighted by atomic mass is 79.9. The van der Waals surface area contributed by atoms with Crippen LogP contribution in [0.2, 0.25) is 0 Å². The summed E-state index contributed by atoms with van der Waals surface area (Å²) in [5.41, 5.74) is 0. The number of hydrogen-bond acceptors (Lipinski definition) is 3. The topological polar surface area (TPSA) is 35.5 Å². The molecule has 0 aromatic heterocycles. The summed E-state index contributed by atoms with van der Waals surface area (Å²) in [5, 5.41) is 0.606. The highest BCUT2D eigenvalue weighted by Crippen LogP contribution is 2.48. The Bertz CT molecular complexity index is 204. The van der Waals surface area contributed by atoms with Crippen LogP contribution in [0.15, 0.2) is 0 Å². The van der Waals surface area contributed by atoms with Crippen molar-refractivity contribution < 1.29 is 13.6 Å². The van der Waals surface area contributed by atoms with E-state index < -0.39 is 7.60 Å². The van der Waals surface area contributed by atoms with Gasteiger partial charge in [-0.05, 0) is 25.7 Å². The van der Waals surface area contributed by atoms with Gasteiger partial charge in [-0.2, -0.15) is 0 Å². The molecule has 0 fully saturated rings. The molecule has 0 amide bonds. The van der Waals surface area contributed by atoms with Gasteiger partial charge in [0.1, 0.15) is 0 Å². The molecular formula is C10H20BrCl2O3P. The van der Waals surface area contributed by atoms with E-state index in [1.807, 2.05) is 0 Å². The van der Waals surface area contributed by atoms with Gasteiger partial charge in [0.05, 0.1) is 19.4 Å². The molecule has 0 aliphatic rings. The number of unbranched alkanes of at least 4 members (excludes halogenated alkanes) is 2. The molecule has 0 aliphatic carbocycles. The molecular weight excluding hydrogens is 350 g/mol. The molecule has 17 heavy (non-hydrogen) atoms. The maximum Gasteiger partial charge on any atom is 0.331 e. The molecule has 0 heterocycles. The molecule has 0 aromatic carbocycles. The summed E-state index contributed by atoms with van der Waals surface area (Å²) in [6, 6.07) is 0. The first kappa shape index (κ1) is 18.2. The zero-order valence-electron chi connectivity index (χ0n) is 9.88. The van der Waals surface area contributed by atoms with Crippen molar-refractivity contribution in [2.24, 2.45) is 0 Å². The van der Waals surface area contributed by atoms with E-state index in [4.69, 9.17) is 32.2 Å². The van der Waals surface area contributed by atoms with Crippen LogP contribution in [0.25, 0.3) is 0 Å². The fourth-order valence-electron chi connectivity index (χ4n) is 1.07. The maximum atomic E-state index is 12.2. The third-order valence-electron chi connectivity index (χ3n) is 1.99. The van der Waals surface area contributed by atoms with E-state index in [-0.39, 0.29) is 0 Å². The lowest BCUT2D eigenvalue weighted by Crippen LogP contribution is -2.04. The molecule has 0 rings (SSSR count). The predicted molar refractivity (Wildman–Crippen MR) is 78.1 cm³/mol. The molecule has 3 nitrogen and oxygen atoms in total. The van der Waals surface area contributed by atoms with Gasteiger partial charge in [0.25, 0.3) is 0 Å². The van der Waals surface area contributed by atoms with Crippen LogP contribution >= 0.6 is 46.7 Å². The van der Waals surface area contributed by atoms with E-state index in [1.54, 1.807) is 0 Å². The Morgan fingerprint density at radius 3 is 1.76 bits per heavy atom. The third kappa shape index (κ3) is 10.8. The minimum atomic E-state index is -2.93. The van der Waals surface area contributed by atoms with Crippen LogP contribution in [0.5, 0.6) is 0 Å². The predicted octanol–water partition coefficient (Wildman–Crippen LogP) is 4.65. The van der Waals surface area contributed by atoms with Gasteiger partial charge < -0.3 is 9.05 Å². The summed E-state index contributed by atoms with van der Waals surface area (Å²) in [5.74, 6) is 1.20. The number of halogens is 3. The first-order chi connectivity index (χ1) is 8.18. The van der Waals surface area contributed by atoms with Crippen LogP contribution in [0, 0.1) is 0 Å². The quantitative estimate of drug-likeness (QED) is 0.285. The number of alkyl halides is 3. The summed E-state index contributed by atoms with van der Waals surface area (Å²) in [4.78, 5) is 0. The average molecular weight is 370 g/mol. The molecule has 0 unspecified atom stereocenters. The van der Waals surface area contributed by atoms with E-state index in [0.717, 1.165) is 25.7 Å². The van der Waals surface area contributed by atoms with Crippen molar-refractivity contribution in [2.45, 2.75) is 25.7 Å². The smallest absolute Gasteiger partial charge is 0.309 e. The Kier molecular flexibility index (Phi) is 13.1. The molecule has 7 heteroatoms. The van der Waals surface area contributed by atoms with Crippen LogP contribution in [-0.4, -0.2) is 36.5 Å². The Labute approximate surface area is 122 Å². The summed E-state index contributed by atoms with van der Waals surface area (Å²) >= 11 is 14.4. The Hall–Kier alpha value is 1.21. The van der Waals surface area contributed by atoms with Gasteiger partial charge in [-0.15, -0.1) is 23.2 Å². The van der Waals surface area contributed by atoms with Crippen molar-refractivity contribution >= 4 is 46.7 Å². The van der Waals surface area contributed by atoms with Gasteiger partial charge in [-0.25, -0.2) is 0 Å². The number of rotatable bonds is 12. The molecule has 0 saturated carbocycles. The average Bonchev–Trinajstić information content (AvgIpc) is 2.31. The third-order valence-corrected chi connectivity index (χ3v) is 5.46. The van der Waals surface area contributed by atoms with E-state index in [1.165, 1.54) is 0 Å². The summed E-state index contributed by atoms with van der Waals surface area (Å²) in [6.45, 7) is 0.874. The van der Waals surface area contributed by atoms with Gasteiger partial charge in [0.2, 0.25) is 0 Å². The molecule has 0 N–H and O–H groups in total. The Morgan fingerprint density at radius 1 is 0.941 bits per heavy atom. The maximum absolute atomic E-state index is 12.2. The highest BCUT2D eigenvalue weighted by molar-refractivity contribution is 9.09. The van der Waals surface area contributed by atoms with E-state index >= 15 is 0 Å². The monoisotopic (exact) mass is 368 g/mol. The van der Waals surface area contributed by atoms with E-state index in [9.17, 15) is 4.57 Å². The summed E-state index contributed by atoms with van der Waals surface area (Å²) in [7, 11) is -2.93. The fraction of sp³-hybridized carbons (Fsp3) is 1.00. The minimum absolute atomic E-state index is 0.398. The van der Waals surface area contributed by atoms with Crippen LogP contribution in [0.1, 0.15) is 25.7 Å². The normalized spacial score (nSPS) is 11.9. The van der Waals surface area contributed by atoms with Gasteiger partial charge in [0, 0.05) is 17.1 Å². The molecule has 0 spiro atoms. The molecule has 0 atom stereocenters. The first-order valence-corrected chi connectivity index (χ1v) is 9.66. The SMILES string of the molecule is O=P(CCBr)(OCCCCCl)OCCCCCl. The van der Waals surface area contributed by atoms with Crippen molar-refractivity contribution in [3.63, 3.8) is 0 Å². The molecule has 0 aromatic rings. The lowest BCUT2D eigenvalue weighted by molar-refractivity contribution is 0.201. The molecule has 0 saturated heterocycles. The second-order valence-corrected chi connectivity index (χ2v) is 7.22. The first-order valence-electron chi connectivity index (χ1n) is 5.74. The largest absolute Gasteiger partial charge is 0.331 e. The molecule has 0 radical (unpaired) electrons. The van der Waals surface area contributed by atoms with Crippen LogP contribution in [0.4, 0.5) is 0 Å². The number of hydrogen-bond donors (Lipinski definition) is 0. The zero-order valence-corrected chi connectivity index (χ0v) is 13.9. The van der Waals surface area contributed by atoms with Crippen molar-refractivity contribution in [1.29, 1.82) is 0 Å². The van der Waals surface area contributed by atoms with Gasteiger partial charge in [-0.1, -0.05) is 15.9 Å². The lowest BCUT2D eigenvalue weighted by Gasteiger charge is -2.17. The van der Waals surface area contributed by atoms with Gasteiger partial charge in [0.15, 0.2) is 0 Å². The standard InChI is InChI=1S/C10H20BrCl2O3P/c11-5-10-17(14,15-8-3-1-6-12)16-9-4-2-7-13/h1-10H2. The zero-order chi connectivity index (χ0) is 13.0. The van der Waals surface area contributed by atoms with Gasteiger partial charge in [-0.3, -0.25) is 4.57 Å². The van der Waals surface area contributed by atoms with Crippen LogP contribution < -0.4 is 0 Å². The summed E-state index contributed by atoms with van der Waals surface area (Å²) < 4.78 is 22.9. The van der Waals surface area contributed by atoms with E-state index in [0.29, 0.717) is 36.5 Å². The van der Waals surface area contributed by atoms with Crippen LogP contribution in [0.3, 0.4) is 0 Å². The molecule has 0 aliphatic heterocycles. The summed E-state index contributed by atoms with van der Waals surface area (Å²) in [6.07, 6.45) is 3.74. The Balaban J connectivity index is 3.85. The lowest BCUT2D eigenvalue weighted by atomic mass is 10.4. The van der Waals surface area contributed by atoms with Crippen LogP contribution in [-0.2, 0) is 13.6 Å². The minimum Gasteiger partial charge on any atom is -0.309 e. The van der Waals surface area contributed by atoms with Crippen molar-refractivity contribution in [3.8, 4) is 0 Å². The second-order valence-electron chi connectivity index (χ2n) is 3.48. The highest BCUT2D eigenvalue weighted by Gasteiger charge is 2.23. The van der Waals surface area contributed by atoms with Crippen molar-refractivity contribution in [2.75, 3.05) is 36.5 Å². The van der Waals surface area contributed by atoms with Gasteiger partial charge >= 0.3 is 7.60 Å². The van der Waals surface area contributed by atoms with E-state index in [2.05, 4.69) is 15.9 Å². The Morgan fingerprint density at radius 2 is 1.41 bits per heavy atom. The fourth-order valence-corrected chi connectivity index (χ4v) is 4.11. The van der Waals surface area contributed by atoms with Crippen molar-refractivity contribution in [3.05, 3.63) is 0 Å².